The normalized spacial score (nSPS) is 14.5. The van der Waals surface area contributed by atoms with Crippen LogP contribution in [0.15, 0.2) is 41.3 Å². The van der Waals surface area contributed by atoms with Crippen molar-refractivity contribution in [2.75, 3.05) is 34.4 Å². The predicted octanol–water partition coefficient (Wildman–Crippen LogP) is 3.07. The number of benzene rings is 2. The predicted molar refractivity (Wildman–Crippen MR) is 115 cm³/mol. The Morgan fingerprint density at radius 2 is 1.70 bits per heavy atom. The first-order valence-corrected chi connectivity index (χ1v) is 11.3. The molecule has 1 aliphatic heterocycles. The highest BCUT2D eigenvalue weighted by Gasteiger charge is 2.28. The summed E-state index contributed by atoms with van der Waals surface area (Å²) in [5, 5.41) is 0. The average Bonchev–Trinajstić information content (AvgIpc) is 3.29. The molecule has 1 heterocycles. The van der Waals surface area contributed by atoms with Gasteiger partial charge < -0.3 is 14.4 Å². The van der Waals surface area contributed by atoms with Crippen LogP contribution in [-0.2, 0) is 16.6 Å². The van der Waals surface area contributed by atoms with Gasteiger partial charge in [0.1, 0.15) is 0 Å². The Labute approximate surface area is 178 Å². The van der Waals surface area contributed by atoms with Crippen molar-refractivity contribution in [1.82, 2.24) is 9.21 Å². The second-order valence-electron chi connectivity index (χ2n) is 7.44. The molecule has 0 atom stereocenters. The molecule has 1 aliphatic rings. The molecule has 7 nitrogen and oxygen atoms in total. The summed E-state index contributed by atoms with van der Waals surface area (Å²) in [6, 6.07) is 10.3. The van der Waals surface area contributed by atoms with Crippen LogP contribution in [0.25, 0.3) is 0 Å². The Hall–Kier alpha value is -2.58. The third-order valence-corrected chi connectivity index (χ3v) is 7.25. The lowest BCUT2D eigenvalue weighted by atomic mass is 10.1. The molecule has 1 fully saturated rings. The summed E-state index contributed by atoms with van der Waals surface area (Å²) in [6.07, 6.45) is 1.73. The smallest absolute Gasteiger partial charge is 0.254 e. The molecule has 0 bridgehead atoms. The lowest BCUT2D eigenvalue weighted by Crippen LogP contribution is -2.29. The van der Waals surface area contributed by atoms with Crippen molar-refractivity contribution >= 4 is 15.9 Å². The summed E-state index contributed by atoms with van der Waals surface area (Å²) in [5.41, 5.74) is 2.00. The van der Waals surface area contributed by atoms with E-state index in [4.69, 9.17) is 9.47 Å². The maximum absolute atomic E-state index is 13.1. The number of aryl methyl sites for hydroxylation is 1. The molecule has 0 aromatic heterocycles. The number of hydrogen-bond donors (Lipinski definition) is 0. The van der Waals surface area contributed by atoms with E-state index in [0.717, 1.165) is 24.0 Å². The Morgan fingerprint density at radius 1 is 1.03 bits per heavy atom. The van der Waals surface area contributed by atoms with Gasteiger partial charge in [-0.15, -0.1) is 0 Å². The van der Waals surface area contributed by atoms with E-state index >= 15 is 0 Å². The Kier molecular flexibility index (Phi) is 6.67. The van der Waals surface area contributed by atoms with Crippen LogP contribution in [0.3, 0.4) is 0 Å². The van der Waals surface area contributed by atoms with Crippen LogP contribution < -0.4 is 9.47 Å². The molecule has 0 spiro atoms. The van der Waals surface area contributed by atoms with Crippen molar-refractivity contribution in [3.05, 3.63) is 53.1 Å². The van der Waals surface area contributed by atoms with Gasteiger partial charge in [0.15, 0.2) is 11.5 Å². The first-order valence-electron chi connectivity index (χ1n) is 9.85. The fraction of sp³-hybridized carbons (Fsp3) is 0.409. The number of carbonyl (C=O) groups is 1. The first kappa shape index (κ1) is 22.1. The second-order valence-corrected chi connectivity index (χ2v) is 9.38. The third kappa shape index (κ3) is 4.44. The third-order valence-electron chi connectivity index (χ3n) is 5.36. The molecule has 0 N–H and O–H groups in total. The molecule has 0 saturated carbocycles. The first-order chi connectivity index (χ1) is 14.3. The quantitative estimate of drug-likeness (QED) is 0.672. The van der Waals surface area contributed by atoms with Crippen molar-refractivity contribution in [1.29, 1.82) is 0 Å². The number of methoxy groups -OCH3 is 2. The van der Waals surface area contributed by atoms with Crippen LogP contribution in [0.4, 0.5) is 0 Å². The van der Waals surface area contributed by atoms with Crippen molar-refractivity contribution in [2.45, 2.75) is 31.2 Å². The standard InChI is InChI=1S/C22H28N2O5S/c1-16-7-9-18(30(26,27)24-11-5-6-12-24)14-19(16)22(25)23(2)15-17-8-10-20(28-3)21(13-17)29-4/h7-10,13-14H,5-6,11-12,15H2,1-4H3. The van der Waals surface area contributed by atoms with E-state index in [1.807, 2.05) is 19.1 Å². The highest BCUT2D eigenvalue weighted by molar-refractivity contribution is 7.89. The minimum atomic E-state index is -3.58. The van der Waals surface area contributed by atoms with Gasteiger partial charge in [-0.3, -0.25) is 4.79 Å². The summed E-state index contributed by atoms with van der Waals surface area (Å²) in [5.74, 6) is 0.970. The summed E-state index contributed by atoms with van der Waals surface area (Å²) in [7, 11) is 1.24. The van der Waals surface area contributed by atoms with Crippen LogP contribution in [0.5, 0.6) is 11.5 Å². The topological polar surface area (TPSA) is 76.2 Å². The van der Waals surface area contributed by atoms with E-state index in [9.17, 15) is 13.2 Å². The zero-order valence-corrected chi connectivity index (χ0v) is 18.7. The summed E-state index contributed by atoms with van der Waals surface area (Å²) >= 11 is 0. The summed E-state index contributed by atoms with van der Waals surface area (Å²) in [4.78, 5) is 14.8. The number of hydrogen-bond acceptors (Lipinski definition) is 5. The van der Waals surface area contributed by atoms with Crippen LogP contribution in [0.2, 0.25) is 0 Å². The Bertz CT molecular complexity index is 1030. The zero-order valence-electron chi connectivity index (χ0n) is 17.8. The second kappa shape index (κ2) is 9.06. The molecule has 162 valence electrons. The van der Waals surface area contributed by atoms with E-state index in [1.165, 1.54) is 10.4 Å². The van der Waals surface area contributed by atoms with Gasteiger partial charge in [0.2, 0.25) is 10.0 Å². The van der Waals surface area contributed by atoms with Gasteiger partial charge in [0, 0.05) is 32.2 Å². The molecule has 0 aliphatic carbocycles. The summed E-state index contributed by atoms with van der Waals surface area (Å²) < 4.78 is 37.8. The van der Waals surface area contributed by atoms with Gasteiger partial charge in [-0.1, -0.05) is 12.1 Å². The van der Waals surface area contributed by atoms with E-state index in [-0.39, 0.29) is 10.8 Å². The molecule has 0 radical (unpaired) electrons. The molecule has 8 heteroatoms. The van der Waals surface area contributed by atoms with E-state index in [1.54, 1.807) is 44.4 Å². The molecule has 0 unspecified atom stereocenters. The number of carbonyl (C=O) groups excluding carboxylic acids is 1. The van der Waals surface area contributed by atoms with Crippen LogP contribution in [0, 0.1) is 6.92 Å². The van der Waals surface area contributed by atoms with Gasteiger partial charge in [-0.2, -0.15) is 4.31 Å². The molecular formula is C22H28N2O5S. The largest absolute Gasteiger partial charge is 0.493 e. The maximum Gasteiger partial charge on any atom is 0.254 e. The summed E-state index contributed by atoms with van der Waals surface area (Å²) in [6.45, 7) is 3.21. The van der Waals surface area contributed by atoms with E-state index in [2.05, 4.69) is 0 Å². The molecule has 2 aromatic carbocycles. The number of amides is 1. The lowest BCUT2D eigenvalue weighted by Gasteiger charge is -2.21. The van der Waals surface area contributed by atoms with Crippen LogP contribution in [0.1, 0.15) is 34.3 Å². The average molecular weight is 433 g/mol. The minimum absolute atomic E-state index is 0.165. The molecule has 1 amide bonds. The van der Waals surface area contributed by atoms with Crippen molar-refractivity contribution < 1.29 is 22.7 Å². The lowest BCUT2D eigenvalue weighted by molar-refractivity contribution is 0.0784. The van der Waals surface area contributed by atoms with Gasteiger partial charge in [0.05, 0.1) is 19.1 Å². The SMILES string of the molecule is COc1ccc(CN(C)C(=O)c2cc(S(=O)(=O)N3CCCC3)ccc2C)cc1OC. The fourth-order valence-electron chi connectivity index (χ4n) is 3.60. The Morgan fingerprint density at radius 3 is 2.33 bits per heavy atom. The highest BCUT2D eigenvalue weighted by atomic mass is 32.2. The molecular weight excluding hydrogens is 404 g/mol. The number of nitrogens with zero attached hydrogens (tertiary/aromatic N) is 2. The zero-order chi connectivity index (χ0) is 21.9. The van der Waals surface area contributed by atoms with Gasteiger partial charge >= 0.3 is 0 Å². The monoisotopic (exact) mass is 432 g/mol. The highest BCUT2D eigenvalue weighted by Crippen LogP contribution is 2.28. The van der Waals surface area contributed by atoms with E-state index < -0.39 is 10.0 Å². The fourth-order valence-corrected chi connectivity index (χ4v) is 5.14. The van der Waals surface area contributed by atoms with Gasteiger partial charge in [-0.25, -0.2) is 8.42 Å². The van der Waals surface area contributed by atoms with Crippen LogP contribution in [-0.4, -0.2) is 57.9 Å². The number of sulfonamides is 1. The van der Waals surface area contributed by atoms with Crippen LogP contribution >= 0.6 is 0 Å². The number of ether oxygens (including phenoxy) is 2. The van der Waals surface area contributed by atoms with Crippen molar-refractivity contribution in [3.8, 4) is 11.5 Å². The van der Waals surface area contributed by atoms with Gasteiger partial charge in [0.25, 0.3) is 5.91 Å². The van der Waals surface area contributed by atoms with Crippen molar-refractivity contribution in [2.24, 2.45) is 0 Å². The maximum atomic E-state index is 13.1. The molecule has 3 rings (SSSR count). The van der Waals surface area contributed by atoms with Gasteiger partial charge in [-0.05, 0) is 55.2 Å². The Balaban J connectivity index is 1.84. The van der Waals surface area contributed by atoms with E-state index in [0.29, 0.717) is 36.7 Å². The minimum Gasteiger partial charge on any atom is -0.493 e. The van der Waals surface area contributed by atoms with Crippen molar-refractivity contribution in [3.63, 3.8) is 0 Å². The molecule has 1 saturated heterocycles. The number of rotatable bonds is 7. The molecule has 30 heavy (non-hydrogen) atoms. The molecule has 2 aromatic rings.